The van der Waals surface area contributed by atoms with Crippen LogP contribution in [0, 0.1) is 18.8 Å². The molecule has 1 N–H and O–H groups in total. The molecule has 154 valence electrons. The van der Waals surface area contributed by atoms with Crippen molar-refractivity contribution < 1.29 is 14.4 Å². The summed E-state index contributed by atoms with van der Waals surface area (Å²) in [5.41, 5.74) is 3.11. The molecule has 3 atom stereocenters. The van der Waals surface area contributed by atoms with Crippen LogP contribution in [0.1, 0.15) is 42.0 Å². The Morgan fingerprint density at radius 1 is 0.967 bits per heavy atom. The van der Waals surface area contributed by atoms with Crippen LogP contribution in [0.3, 0.4) is 0 Å². The van der Waals surface area contributed by atoms with E-state index in [4.69, 9.17) is 0 Å². The third-order valence-electron chi connectivity index (χ3n) is 6.10. The Balaban J connectivity index is 1.46. The number of fused-ring (bicyclic) bond motifs is 1. The van der Waals surface area contributed by atoms with Crippen LogP contribution in [-0.4, -0.2) is 29.2 Å². The van der Waals surface area contributed by atoms with Gasteiger partial charge in [0.2, 0.25) is 17.7 Å². The van der Waals surface area contributed by atoms with Crippen molar-refractivity contribution in [3.63, 3.8) is 0 Å². The number of amides is 3. The lowest BCUT2D eigenvalue weighted by atomic mass is 9.85. The van der Waals surface area contributed by atoms with Gasteiger partial charge in [-0.3, -0.25) is 19.3 Å². The summed E-state index contributed by atoms with van der Waals surface area (Å²) in [5.74, 6) is -0.966. The zero-order valence-electron chi connectivity index (χ0n) is 17.1. The molecule has 1 saturated heterocycles. The summed E-state index contributed by atoms with van der Waals surface area (Å²) in [6.07, 6.45) is 5.26. The van der Waals surface area contributed by atoms with Crippen LogP contribution in [-0.2, 0) is 14.4 Å². The summed E-state index contributed by atoms with van der Waals surface area (Å²) >= 11 is 0. The Morgan fingerprint density at radius 2 is 1.57 bits per heavy atom. The minimum atomic E-state index is -0.281. The normalized spacial score (nSPS) is 21.4. The number of nitrogens with zero attached hydrogens (tertiary/aromatic N) is 1. The van der Waals surface area contributed by atoms with Crippen LogP contribution in [0.15, 0.2) is 66.7 Å². The number of hydrogen-bond acceptors (Lipinski definition) is 3. The summed E-state index contributed by atoms with van der Waals surface area (Å²) in [4.78, 5) is 39.3. The Labute approximate surface area is 176 Å². The van der Waals surface area contributed by atoms with Gasteiger partial charge in [0.15, 0.2) is 0 Å². The topological polar surface area (TPSA) is 66.5 Å². The molecule has 30 heavy (non-hydrogen) atoms. The van der Waals surface area contributed by atoms with Crippen molar-refractivity contribution in [2.45, 2.75) is 32.2 Å². The summed E-state index contributed by atoms with van der Waals surface area (Å²) < 4.78 is 0. The molecule has 1 aliphatic carbocycles. The smallest absolute Gasteiger partial charge is 0.233 e. The molecule has 1 heterocycles. The van der Waals surface area contributed by atoms with Gasteiger partial charge >= 0.3 is 0 Å². The van der Waals surface area contributed by atoms with Crippen LogP contribution < -0.4 is 5.32 Å². The van der Waals surface area contributed by atoms with E-state index in [1.807, 2.05) is 73.7 Å². The zero-order valence-corrected chi connectivity index (χ0v) is 17.1. The maximum absolute atomic E-state index is 12.8. The molecule has 0 spiro atoms. The van der Waals surface area contributed by atoms with Gasteiger partial charge in [-0.05, 0) is 36.5 Å². The van der Waals surface area contributed by atoms with Gasteiger partial charge in [-0.25, -0.2) is 0 Å². The highest BCUT2D eigenvalue weighted by molar-refractivity contribution is 6.05. The van der Waals surface area contributed by atoms with E-state index in [0.29, 0.717) is 12.8 Å². The van der Waals surface area contributed by atoms with Gasteiger partial charge < -0.3 is 5.32 Å². The molecule has 0 saturated carbocycles. The highest BCUT2D eigenvalue weighted by Gasteiger charge is 2.46. The fourth-order valence-corrected chi connectivity index (χ4v) is 4.43. The number of rotatable bonds is 6. The average Bonchev–Trinajstić information content (AvgIpc) is 3.02. The van der Waals surface area contributed by atoms with Gasteiger partial charge in [0.1, 0.15) is 0 Å². The van der Waals surface area contributed by atoms with Crippen LogP contribution in [0.4, 0.5) is 0 Å². The molecule has 3 unspecified atom stereocenters. The maximum Gasteiger partial charge on any atom is 0.233 e. The van der Waals surface area contributed by atoms with Crippen LogP contribution in [0.5, 0.6) is 0 Å². The molecule has 1 aliphatic heterocycles. The molecule has 0 aromatic heterocycles. The lowest BCUT2D eigenvalue weighted by molar-refractivity contribution is -0.140. The molecule has 0 radical (unpaired) electrons. The molecule has 5 nitrogen and oxygen atoms in total. The molecule has 2 aliphatic rings. The Kier molecular flexibility index (Phi) is 5.79. The number of imide groups is 1. The SMILES string of the molecule is Cc1ccccc1C(NC(=O)CCN1C(=O)C2CC=CCC2C1=O)c1ccccc1. The van der Waals surface area contributed by atoms with E-state index in [2.05, 4.69) is 5.32 Å². The van der Waals surface area contributed by atoms with Gasteiger partial charge in [0.25, 0.3) is 0 Å². The first-order valence-corrected chi connectivity index (χ1v) is 10.5. The summed E-state index contributed by atoms with van der Waals surface area (Å²) in [7, 11) is 0. The average molecular weight is 402 g/mol. The number of hydrogen-bond donors (Lipinski definition) is 1. The van der Waals surface area contributed by atoms with Crippen molar-refractivity contribution in [2.24, 2.45) is 11.8 Å². The van der Waals surface area contributed by atoms with Crippen molar-refractivity contribution in [3.8, 4) is 0 Å². The van der Waals surface area contributed by atoms with Crippen molar-refractivity contribution >= 4 is 17.7 Å². The second-order valence-corrected chi connectivity index (χ2v) is 8.00. The van der Waals surface area contributed by atoms with Crippen molar-refractivity contribution in [2.75, 3.05) is 6.54 Å². The number of aryl methyl sites for hydroxylation is 1. The lowest BCUT2D eigenvalue weighted by Gasteiger charge is -2.22. The fourth-order valence-electron chi connectivity index (χ4n) is 4.43. The highest BCUT2D eigenvalue weighted by Crippen LogP contribution is 2.35. The molecule has 3 amide bonds. The summed E-state index contributed by atoms with van der Waals surface area (Å²) in [5, 5.41) is 3.11. The van der Waals surface area contributed by atoms with E-state index < -0.39 is 0 Å². The lowest BCUT2D eigenvalue weighted by Crippen LogP contribution is -2.36. The predicted octanol–water partition coefficient (Wildman–Crippen LogP) is 3.54. The third kappa shape index (κ3) is 3.92. The number of benzene rings is 2. The predicted molar refractivity (Wildman–Crippen MR) is 114 cm³/mol. The molecule has 2 aromatic carbocycles. The Morgan fingerprint density at radius 3 is 2.20 bits per heavy atom. The van der Waals surface area contributed by atoms with Gasteiger partial charge in [0.05, 0.1) is 17.9 Å². The fraction of sp³-hybridized carbons (Fsp3) is 0.320. The first-order valence-electron chi connectivity index (χ1n) is 10.5. The first-order chi connectivity index (χ1) is 14.6. The largest absolute Gasteiger partial charge is 0.345 e. The number of likely N-dealkylation sites (tertiary alicyclic amines) is 1. The Bertz CT molecular complexity index is 957. The maximum atomic E-state index is 12.8. The quantitative estimate of drug-likeness (QED) is 0.594. The van der Waals surface area contributed by atoms with E-state index in [1.165, 1.54) is 4.90 Å². The van der Waals surface area contributed by atoms with E-state index in [1.54, 1.807) is 0 Å². The first kappa shape index (κ1) is 20.1. The summed E-state index contributed by atoms with van der Waals surface area (Å²) in [6.45, 7) is 2.15. The molecule has 2 aromatic rings. The van der Waals surface area contributed by atoms with E-state index >= 15 is 0 Å². The highest BCUT2D eigenvalue weighted by atomic mass is 16.2. The van der Waals surface area contributed by atoms with Crippen LogP contribution >= 0.6 is 0 Å². The molecular weight excluding hydrogens is 376 g/mol. The summed E-state index contributed by atoms with van der Waals surface area (Å²) in [6, 6.07) is 17.5. The van der Waals surface area contributed by atoms with Gasteiger partial charge in [0, 0.05) is 13.0 Å². The molecular formula is C25H26N2O3. The monoisotopic (exact) mass is 402 g/mol. The second-order valence-electron chi connectivity index (χ2n) is 8.00. The van der Waals surface area contributed by atoms with Crippen LogP contribution in [0.25, 0.3) is 0 Å². The number of allylic oxidation sites excluding steroid dienone is 2. The van der Waals surface area contributed by atoms with Gasteiger partial charge in [-0.15, -0.1) is 0 Å². The zero-order chi connectivity index (χ0) is 21.1. The molecule has 4 rings (SSSR count). The van der Waals surface area contributed by atoms with E-state index in [9.17, 15) is 14.4 Å². The Hall–Kier alpha value is -3.21. The number of nitrogens with one attached hydrogen (secondary N) is 1. The van der Waals surface area contributed by atoms with E-state index in [-0.39, 0.29) is 48.6 Å². The molecule has 5 heteroatoms. The van der Waals surface area contributed by atoms with Crippen molar-refractivity contribution in [1.29, 1.82) is 0 Å². The molecule has 0 bridgehead atoms. The standard InChI is InChI=1S/C25H26N2O3/c1-17-9-5-6-12-19(17)23(18-10-3-2-4-11-18)26-22(28)15-16-27-24(29)20-13-7-8-14-21(20)25(27)30/h2-12,20-21,23H,13-16H2,1H3,(H,26,28). The van der Waals surface area contributed by atoms with Gasteiger partial charge in [-0.1, -0.05) is 66.7 Å². The van der Waals surface area contributed by atoms with Crippen LogP contribution in [0.2, 0.25) is 0 Å². The van der Waals surface area contributed by atoms with Crippen molar-refractivity contribution in [3.05, 3.63) is 83.4 Å². The second kappa shape index (κ2) is 8.66. The van der Waals surface area contributed by atoms with E-state index in [0.717, 1.165) is 16.7 Å². The number of carbonyl (C=O) groups excluding carboxylic acids is 3. The van der Waals surface area contributed by atoms with Crippen molar-refractivity contribution in [1.82, 2.24) is 10.2 Å². The third-order valence-corrected chi connectivity index (χ3v) is 6.10. The number of carbonyl (C=O) groups is 3. The minimum absolute atomic E-state index is 0.0968. The minimum Gasteiger partial charge on any atom is -0.345 e. The molecule has 1 fully saturated rings. The van der Waals surface area contributed by atoms with Gasteiger partial charge in [-0.2, -0.15) is 0 Å².